The van der Waals surface area contributed by atoms with Crippen LogP contribution in [0.25, 0.3) is 0 Å². The fourth-order valence-electron chi connectivity index (χ4n) is 4.68. The van der Waals surface area contributed by atoms with Crippen LogP contribution in [0.15, 0.2) is 54.6 Å². The molecule has 0 saturated carbocycles. The number of rotatable bonds is 4. The van der Waals surface area contributed by atoms with Crippen LogP contribution in [0.5, 0.6) is 0 Å². The summed E-state index contributed by atoms with van der Waals surface area (Å²) in [5.41, 5.74) is 3.87. The molecule has 154 valence electrons. The van der Waals surface area contributed by atoms with Gasteiger partial charge in [0.25, 0.3) is 0 Å². The summed E-state index contributed by atoms with van der Waals surface area (Å²) in [5, 5.41) is 0. The standard InChI is InChI=1S/C23H26N2O2.C2H6/c1-3-20-23(21-14-24(16(2)26)15-22(27)25(20)21)19-11-9-18(10-12-19)13-17-7-5-4-6-8-17;1-2/h4-12,20-21,23H,3,13-15H2,1-2H3;1-2H3. The molecule has 2 amide bonds. The maximum Gasteiger partial charge on any atom is 0.242 e. The Labute approximate surface area is 174 Å². The Morgan fingerprint density at radius 3 is 2.21 bits per heavy atom. The third-order valence-corrected chi connectivity index (χ3v) is 6.04. The van der Waals surface area contributed by atoms with E-state index in [2.05, 4.69) is 55.5 Å². The summed E-state index contributed by atoms with van der Waals surface area (Å²) in [6.45, 7) is 8.56. The first-order valence-corrected chi connectivity index (χ1v) is 10.8. The number of hydrogen-bond acceptors (Lipinski definition) is 2. The molecule has 0 N–H and O–H groups in total. The molecule has 2 fully saturated rings. The quantitative estimate of drug-likeness (QED) is 0.781. The summed E-state index contributed by atoms with van der Waals surface area (Å²) in [6, 6.07) is 19.6. The molecular formula is C25H32N2O2. The summed E-state index contributed by atoms with van der Waals surface area (Å²) < 4.78 is 0. The van der Waals surface area contributed by atoms with Crippen LogP contribution in [0.3, 0.4) is 0 Å². The molecule has 2 aliphatic heterocycles. The minimum absolute atomic E-state index is 0.0140. The van der Waals surface area contributed by atoms with Gasteiger partial charge in [0.1, 0.15) is 0 Å². The van der Waals surface area contributed by atoms with E-state index in [0.717, 1.165) is 12.8 Å². The lowest BCUT2D eigenvalue weighted by Crippen LogP contribution is -2.72. The number of amides is 2. The zero-order chi connectivity index (χ0) is 21.0. The van der Waals surface area contributed by atoms with Gasteiger partial charge in [0.2, 0.25) is 11.8 Å². The molecule has 4 heteroatoms. The first-order valence-electron chi connectivity index (χ1n) is 10.8. The fraction of sp³-hybridized carbons (Fsp3) is 0.440. The molecule has 2 aromatic carbocycles. The second kappa shape index (κ2) is 9.25. The molecule has 2 aromatic rings. The second-order valence-electron chi connectivity index (χ2n) is 7.67. The van der Waals surface area contributed by atoms with Gasteiger partial charge in [0, 0.05) is 25.4 Å². The van der Waals surface area contributed by atoms with Gasteiger partial charge in [-0.05, 0) is 29.5 Å². The minimum atomic E-state index is -0.0140. The number of carbonyl (C=O) groups is 2. The predicted octanol–water partition coefficient (Wildman–Crippen LogP) is 4.24. The number of nitrogens with zero attached hydrogens (tertiary/aromatic N) is 2. The largest absolute Gasteiger partial charge is 0.332 e. The van der Waals surface area contributed by atoms with Gasteiger partial charge in [-0.25, -0.2) is 0 Å². The van der Waals surface area contributed by atoms with Gasteiger partial charge in [-0.15, -0.1) is 0 Å². The van der Waals surface area contributed by atoms with Crippen molar-refractivity contribution in [1.29, 1.82) is 0 Å². The zero-order valence-corrected chi connectivity index (χ0v) is 18.0. The highest BCUT2D eigenvalue weighted by atomic mass is 16.2. The SMILES string of the molecule is CC.CCC1C(c2ccc(Cc3ccccc3)cc2)C2CN(C(C)=O)CC(=O)N12. The van der Waals surface area contributed by atoms with Gasteiger partial charge in [-0.3, -0.25) is 9.59 Å². The van der Waals surface area contributed by atoms with Crippen LogP contribution in [0, 0.1) is 0 Å². The van der Waals surface area contributed by atoms with Gasteiger partial charge in [-0.1, -0.05) is 75.4 Å². The molecule has 0 radical (unpaired) electrons. The first-order chi connectivity index (χ1) is 14.1. The molecule has 4 nitrogen and oxygen atoms in total. The van der Waals surface area contributed by atoms with Crippen molar-refractivity contribution in [3.63, 3.8) is 0 Å². The average molecular weight is 393 g/mol. The summed E-state index contributed by atoms with van der Waals surface area (Å²) in [5.74, 6) is 0.386. The molecule has 3 unspecified atom stereocenters. The lowest BCUT2D eigenvalue weighted by molar-refractivity contribution is -0.163. The van der Waals surface area contributed by atoms with Crippen LogP contribution in [0.4, 0.5) is 0 Å². The number of piperazine rings is 1. The van der Waals surface area contributed by atoms with E-state index in [4.69, 9.17) is 0 Å². The Balaban J connectivity index is 0.00000117. The second-order valence-corrected chi connectivity index (χ2v) is 7.67. The van der Waals surface area contributed by atoms with Crippen molar-refractivity contribution in [1.82, 2.24) is 9.80 Å². The lowest BCUT2D eigenvalue weighted by atomic mass is 9.72. The number of carbonyl (C=O) groups excluding carboxylic acids is 2. The average Bonchev–Trinajstić information content (AvgIpc) is 2.73. The van der Waals surface area contributed by atoms with Gasteiger partial charge in [0.15, 0.2) is 0 Å². The Morgan fingerprint density at radius 2 is 1.62 bits per heavy atom. The van der Waals surface area contributed by atoms with Crippen molar-refractivity contribution in [3.05, 3.63) is 71.3 Å². The summed E-state index contributed by atoms with van der Waals surface area (Å²) in [7, 11) is 0. The Hall–Kier alpha value is -2.62. The fourth-order valence-corrected chi connectivity index (χ4v) is 4.68. The van der Waals surface area contributed by atoms with Gasteiger partial charge in [-0.2, -0.15) is 0 Å². The Morgan fingerprint density at radius 1 is 1.00 bits per heavy atom. The molecule has 2 saturated heterocycles. The van der Waals surface area contributed by atoms with Crippen LogP contribution in [-0.4, -0.2) is 46.8 Å². The van der Waals surface area contributed by atoms with Crippen molar-refractivity contribution >= 4 is 11.8 Å². The smallest absolute Gasteiger partial charge is 0.242 e. The highest BCUT2D eigenvalue weighted by Crippen LogP contribution is 2.44. The van der Waals surface area contributed by atoms with E-state index >= 15 is 0 Å². The molecule has 3 atom stereocenters. The normalized spacial score (nSPS) is 22.9. The van der Waals surface area contributed by atoms with Crippen LogP contribution in [-0.2, 0) is 16.0 Å². The van der Waals surface area contributed by atoms with Crippen molar-refractivity contribution in [2.24, 2.45) is 0 Å². The summed E-state index contributed by atoms with van der Waals surface area (Å²) in [4.78, 5) is 28.0. The molecule has 0 aliphatic carbocycles. The van der Waals surface area contributed by atoms with Crippen LogP contribution >= 0.6 is 0 Å². The minimum Gasteiger partial charge on any atom is -0.332 e. The molecule has 0 spiro atoms. The highest BCUT2D eigenvalue weighted by Gasteiger charge is 2.53. The van der Waals surface area contributed by atoms with Crippen LogP contribution in [0.1, 0.15) is 56.7 Å². The van der Waals surface area contributed by atoms with E-state index in [1.54, 1.807) is 11.8 Å². The monoisotopic (exact) mass is 392 g/mol. The van der Waals surface area contributed by atoms with Crippen LogP contribution in [0.2, 0.25) is 0 Å². The summed E-state index contributed by atoms with van der Waals surface area (Å²) >= 11 is 0. The van der Waals surface area contributed by atoms with E-state index in [1.165, 1.54) is 16.7 Å². The molecule has 2 heterocycles. The van der Waals surface area contributed by atoms with Gasteiger partial charge >= 0.3 is 0 Å². The van der Waals surface area contributed by atoms with Crippen molar-refractivity contribution in [2.45, 2.75) is 58.5 Å². The molecule has 2 aliphatic rings. The van der Waals surface area contributed by atoms with Crippen LogP contribution < -0.4 is 0 Å². The molecule has 0 bridgehead atoms. The maximum absolute atomic E-state index is 12.5. The maximum atomic E-state index is 12.5. The number of benzene rings is 2. The van der Waals surface area contributed by atoms with Gasteiger partial charge in [0.05, 0.1) is 12.6 Å². The third-order valence-electron chi connectivity index (χ3n) is 6.04. The highest BCUT2D eigenvalue weighted by molar-refractivity contribution is 5.86. The molecule has 0 aromatic heterocycles. The van der Waals surface area contributed by atoms with E-state index < -0.39 is 0 Å². The van der Waals surface area contributed by atoms with E-state index in [9.17, 15) is 9.59 Å². The number of hydrogen-bond donors (Lipinski definition) is 0. The zero-order valence-electron chi connectivity index (χ0n) is 18.0. The predicted molar refractivity (Wildman–Crippen MR) is 117 cm³/mol. The molecule has 29 heavy (non-hydrogen) atoms. The van der Waals surface area contributed by atoms with E-state index in [0.29, 0.717) is 12.5 Å². The van der Waals surface area contributed by atoms with Crippen molar-refractivity contribution < 1.29 is 9.59 Å². The van der Waals surface area contributed by atoms with Gasteiger partial charge < -0.3 is 9.80 Å². The molecule has 4 rings (SSSR count). The summed E-state index contributed by atoms with van der Waals surface area (Å²) in [6.07, 6.45) is 1.87. The van der Waals surface area contributed by atoms with Crippen molar-refractivity contribution in [3.8, 4) is 0 Å². The van der Waals surface area contributed by atoms with E-state index in [1.807, 2.05) is 24.8 Å². The number of fused-ring (bicyclic) bond motifs is 1. The Kier molecular flexibility index (Phi) is 6.73. The topological polar surface area (TPSA) is 40.6 Å². The Bertz CT molecular complexity index is 832. The lowest BCUT2D eigenvalue weighted by Gasteiger charge is -2.59. The first kappa shape index (κ1) is 21.1. The van der Waals surface area contributed by atoms with E-state index in [-0.39, 0.29) is 30.4 Å². The molecular weight excluding hydrogens is 360 g/mol. The third kappa shape index (κ3) is 4.21. The van der Waals surface area contributed by atoms with Crippen molar-refractivity contribution in [2.75, 3.05) is 13.1 Å².